The van der Waals surface area contributed by atoms with Crippen molar-refractivity contribution >= 4 is 11.8 Å². The third-order valence-electron chi connectivity index (χ3n) is 2.16. The summed E-state index contributed by atoms with van der Waals surface area (Å²) in [6, 6.07) is 0. The van der Waals surface area contributed by atoms with Crippen LogP contribution in [0.2, 0.25) is 0 Å². The Balaban J connectivity index is 2.49. The maximum absolute atomic E-state index is 11.1. The average molecular weight is 172 g/mol. The Hall–Kier alpha value is -0.900. The van der Waals surface area contributed by atoms with Gasteiger partial charge in [-0.3, -0.25) is 9.59 Å². The van der Waals surface area contributed by atoms with E-state index in [2.05, 4.69) is 0 Å². The minimum absolute atomic E-state index is 0.0253. The molecule has 1 rings (SSSR count). The molecule has 1 saturated carbocycles. The van der Waals surface area contributed by atoms with E-state index in [0.29, 0.717) is 19.3 Å². The molecule has 12 heavy (non-hydrogen) atoms. The van der Waals surface area contributed by atoms with E-state index < -0.39 is 18.0 Å². The second-order valence-electron chi connectivity index (χ2n) is 3.19. The summed E-state index contributed by atoms with van der Waals surface area (Å²) in [7, 11) is 0. The SMILES string of the molecule is O=C(O)C[C@H]1C[C@@H](O)CCC1=O. The number of aliphatic hydroxyl groups excluding tert-OH is 1. The van der Waals surface area contributed by atoms with E-state index in [9.17, 15) is 9.59 Å². The number of aliphatic carboxylic acids is 1. The Morgan fingerprint density at radius 1 is 1.58 bits per heavy atom. The molecule has 2 atom stereocenters. The monoisotopic (exact) mass is 172 g/mol. The lowest BCUT2D eigenvalue weighted by atomic mass is 9.84. The number of carbonyl (C=O) groups excluding carboxylic acids is 1. The zero-order valence-electron chi connectivity index (χ0n) is 6.69. The van der Waals surface area contributed by atoms with Crippen molar-refractivity contribution in [1.82, 2.24) is 0 Å². The van der Waals surface area contributed by atoms with Gasteiger partial charge >= 0.3 is 5.97 Å². The lowest BCUT2D eigenvalue weighted by Gasteiger charge is -2.23. The van der Waals surface area contributed by atoms with Gasteiger partial charge in [0.2, 0.25) is 0 Å². The summed E-state index contributed by atoms with van der Waals surface area (Å²) in [4.78, 5) is 21.4. The highest BCUT2D eigenvalue weighted by Crippen LogP contribution is 2.23. The number of carbonyl (C=O) groups is 2. The van der Waals surface area contributed by atoms with Crippen LogP contribution in [0, 0.1) is 5.92 Å². The number of hydrogen-bond donors (Lipinski definition) is 2. The summed E-state index contributed by atoms with van der Waals surface area (Å²) in [6.45, 7) is 0. The summed E-state index contributed by atoms with van der Waals surface area (Å²) in [5.41, 5.74) is 0. The van der Waals surface area contributed by atoms with Crippen LogP contribution in [0.3, 0.4) is 0 Å². The van der Waals surface area contributed by atoms with Crippen LogP contribution in [0.15, 0.2) is 0 Å². The standard InChI is InChI=1S/C8H12O4/c9-6-1-2-7(10)5(3-6)4-8(11)12/h5-6,9H,1-4H2,(H,11,12)/t5-,6+/m1/s1. The molecule has 0 aromatic heterocycles. The van der Waals surface area contributed by atoms with Gasteiger partial charge < -0.3 is 10.2 Å². The van der Waals surface area contributed by atoms with Gasteiger partial charge in [-0.25, -0.2) is 0 Å². The van der Waals surface area contributed by atoms with Crippen LogP contribution in [-0.2, 0) is 9.59 Å². The first-order chi connectivity index (χ1) is 5.59. The molecule has 2 N–H and O–H groups in total. The first-order valence-corrected chi connectivity index (χ1v) is 4.02. The van der Waals surface area contributed by atoms with Crippen LogP contribution < -0.4 is 0 Å². The van der Waals surface area contributed by atoms with Crippen LogP contribution >= 0.6 is 0 Å². The fraction of sp³-hybridized carbons (Fsp3) is 0.750. The van der Waals surface area contributed by atoms with E-state index in [-0.39, 0.29) is 12.2 Å². The molecule has 1 fully saturated rings. The molecular weight excluding hydrogens is 160 g/mol. The molecule has 0 amide bonds. The normalized spacial score (nSPS) is 30.2. The third kappa shape index (κ3) is 2.30. The summed E-state index contributed by atoms with van der Waals surface area (Å²) in [5.74, 6) is -1.46. The second-order valence-corrected chi connectivity index (χ2v) is 3.19. The summed E-state index contributed by atoms with van der Waals surface area (Å²) in [6.07, 6.45) is 0.474. The molecule has 4 heteroatoms. The van der Waals surface area contributed by atoms with Crippen LogP contribution in [0.1, 0.15) is 25.7 Å². The number of carboxylic acid groups (broad SMARTS) is 1. The summed E-state index contributed by atoms with van der Waals surface area (Å²) >= 11 is 0. The van der Waals surface area contributed by atoms with Gasteiger partial charge in [-0.15, -0.1) is 0 Å². The number of ketones is 1. The highest BCUT2D eigenvalue weighted by Gasteiger charge is 2.28. The van der Waals surface area contributed by atoms with Crippen LogP contribution in [-0.4, -0.2) is 28.1 Å². The number of Topliss-reactive ketones (excluding diaryl/α,β-unsaturated/α-hetero) is 1. The molecule has 0 unspecified atom stereocenters. The van der Waals surface area contributed by atoms with Crippen molar-refractivity contribution in [2.75, 3.05) is 0 Å². The second kappa shape index (κ2) is 3.67. The first-order valence-electron chi connectivity index (χ1n) is 4.02. The van der Waals surface area contributed by atoms with Gasteiger partial charge in [-0.1, -0.05) is 0 Å². The number of rotatable bonds is 2. The van der Waals surface area contributed by atoms with Gasteiger partial charge in [-0.2, -0.15) is 0 Å². The molecule has 0 bridgehead atoms. The minimum Gasteiger partial charge on any atom is -0.481 e. The minimum atomic E-state index is -0.970. The molecule has 0 saturated heterocycles. The van der Waals surface area contributed by atoms with Crippen molar-refractivity contribution in [2.45, 2.75) is 31.8 Å². The van der Waals surface area contributed by atoms with Crippen molar-refractivity contribution in [1.29, 1.82) is 0 Å². The first kappa shape index (κ1) is 9.19. The van der Waals surface area contributed by atoms with Gasteiger partial charge in [0.1, 0.15) is 5.78 Å². The maximum atomic E-state index is 11.1. The zero-order valence-corrected chi connectivity index (χ0v) is 6.69. The predicted molar refractivity (Wildman–Crippen MR) is 40.6 cm³/mol. The van der Waals surface area contributed by atoms with Crippen molar-refractivity contribution in [3.63, 3.8) is 0 Å². The van der Waals surface area contributed by atoms with Crippen molar-refractivity contribution in [3.8, 4) is 0 Å². The molecule has 0 aromatic carbocycles. The summed E-state index contributed by atoms with van der Waals surface area (Å²) in [5, 5.41) is 17.6. The molecule has 0 aliphatic heterocycles. The van der Waals surface area contributed by atoms with E-state index in [1.807, 2.05) is 0 Å². The lowest BCUT2D eigenvalue weighted by molar-refractivity contribution is -0.142. The van der Waals surface area contributed by atoms with Crippen molar-refractivity contribution in [2.24, 2.45) is 5.92 Å². The van der Waals surface area contributed by atoms with Gasteiger partial charge in [0.15, 0.2) is 0 Å². The highest BCUT2D eigenvalue weighted by atomic mass is 16.4. The van der Waals surface area contributed by atoms with Crippen LogP contribution in [0.4, 0.5) is 0 Å². The number of carboxylic acids is 1. The van der Waals surface area contributed by atoms with Crippen molar-refractivity contribution < 1.29 is 19.8 Å². The van der Waals surface area contributed by atoms with Gasteiger partial charge in [0.25, 0.3) is 0 Å². The Kier molecular flexibility index (Phi) is 2.81. The third-order valence-corrected chi connectivity index (χ3v) is 2.16. The molecule has 0 heterocycles. The number of hydrogen-bond acceptors (Lipinski definition) is 3. The molecule has 1 aliphatic carbocycles. The van der Waals surface area contributed by atoms with E-state index in [1.54, 1.807) is 0 Å². The molecule has 0 aromatic rings. The van der Waals surface area contributed by atoms with Crippen LogP contribution in [0.25, 0.3) is 0 Å². The molecule has 0 radical (unpaired) electrons. The average Bonchev–Trinajstić information content (AvgIpc) is 1.96. The Morgan fingerprint density at radius 2 is 2.25 bits per heavy atom. The van der Waals surface area contributed by atoms with E-state index >= 15 is 0 Å². The maximum Gasteiger partial charge on any atom is 0.304 e. The molecule has 68 valence electrons. The summed E-state index contributed by atoms with van der Waals surface area (Å²) < 4.78 is 0. The van der Waals surface area contributed by atoms with E-state index in [4.69, 9.17) is 10.2 Å². The largest absolute Gasteiger partial charge is 0.481 e. The molecule has 0 spiro atoms. The quantitative estimate of drug-likeness (QED) is 0.623. The fourth-order valence-electron chi connectivity index (χ4n) is 1.50. The van der Waals surface area contributed by atoms with Gasteiger partial charge in [0, 0.05) is 12.3 Å². The topological polar surface area (TPSA) is 74.6 Å². The lowest BCUT2D eigenvalue weighted by Crippen LogP contribution is -2.29. The Labute approximate surface area is 70.2 Å². The van der Waals surface area contributed by atoms with Gasteiger partial charge in [-0.05, 0) is 12.8 Å². The van der Waals surface area contributed by atoms with E-state index in [1.165, 1.54) is 0 Å². The molecule has 4 nitrogen and oxygen atoms in total. The van der Waals surface area contributed by atoms with E-state index in [0.717, 1.165) is 0 Å². The van der Waals surface area contributed by atoms with Crippen molar-refractivity contribution in [3.05, 3.63) is 0 Å². The fourth-order valence-corrected chi connectivity index (χ4v) is 1.50. The Bertz CT molecular complexity index is 199. The van der Waals surface area contributed by atoms with Crippen LogP contribution in [0.5, 0.6) is 0 Å². The molecular formula is C8H12O4. The molecule has 1 aliphatic rings. The highest BCUT2D eigenvalue weighted by molar-refractivity contribution is 5.85. The zero-order chi connectivity index (χ0) is 9.14. The van der Waals surface area contributed by atoms with Gasteiger partial charge in [0.05, 0.1) is 12.5 Å². The number of aliphatic hydroxyl groups is 1. The predicted octanol–water partition coefficient (Wildman–Crippen LogP) is 0.191. The Morgan fingerprint density at radius 3 is 2.83 bits per heavy atom. The smallest absolute Gasteiger partial charge is 0.304 e.